The molecular formula is C17H17N5O2. The van der Waals surface area contributed by atoms with E-state index in [9.17, 15) is 9.59 Å². The van der Waals surface area contributed by atoms with E-state index in [1.54, 1.807) is 31.5 Å². The number of carbonyl (C=O) groups excluding carboxylic acids is 1. The number of H-pyrrole nitrogens is 1. The number of fused-ring (bicyclic) bond motifs is 1. The van der Waals surface area contributed by atoms with Gasteiger partial charge in [0.25, 0.3) is 11.5 Å². The second kappa shape index (κ2) is 5.59. The molecular weight excluding hydrogens is 306 g/mol. The van der Waals surface area contributed by atoms with Crippen LogP contribution < -0.4 is 5.56 Å². The van der Waals surface area contributed by atoms with Gasteiger partial charge in [-0.05, 0) is 31.9 Å². The summed E-state index contributed by atoms with van der Waals surface area (Å²) in [5.41, 5.74) is 2.58. The zero-order chi connectivity index (χ0) is 16.7. The molecule has 1 saturated heterocycles. The minimum atomic E-state index is -0.145. The number of aromatic amines is 1. The molecule has 7 nitrogen and oxygen atoms in total. The van der Waals surface area contributed by atoms with Gasteiger partial charge in [0.1, 0.15) is 0 Å². The van der Waals surface area contributed by atoms with E-state index in [1.165, 1.54) is 10.6 Å². The first-order valence-electron chi connectivity index (χ1n) is 7.94. The lowest BCUT2D eigenvalue weighted by molar-refractivity contribution is 0.0732. The molecule has 0 unspecified atom stereocenters. The number of nitrogens with zero attached hydrogens (tertiary/aromatic N) is 4. The number of likely N-dealkylation sites (tertiary alicyclic amines) is 1. The highest BCUT2D eigenvalue weighted by Crippen LogP contribution is 2.32. The lowest BCUT2D eigenvalue weighted by atomic mass is 10.1. The summed E-state index contributed by atoms with van der Waals surface area (Å²) in [5, 5.41) is 3.10. The number of carbonyl (C=O) groups is 1. The van der Waals surface area contributed by atoms with E-state index in [2.05, 4.69) is 15.1 Å². The van der Waals surface area contributed by atoms with Gasteiger partial charge in [-0.1, -0.05) is 0 Å². The lowest BCUT2D eigenvalue weighted by Crippen LogP contribution is -2.30. The number of hydrogen-bond donors (Lipinski definition) is 1. The molecule has 0 aliphatic carbocycles. The minimum absolute atomic E-state index is 0.0185. The average Bonchev–Trinajstić information content (AvgIpc) is 3.21. The largest absolute Gasteiger partial charge is 0.330 e. The van der Waals surface area contributed by atoms with Crippen LogP contribution in [-0.2, 0) is 0 Å². The summed E-state index contributed by atoms with van der Waals surface area (Å²) in [6.45, 7) is 2.49. The maximum absolute atomic E-state index is 12.8. The number of amides is 1. The SMILES string of the molecule is Cc1cc(=O)n2[nH]c([C@H]3CCCN3C(=O)c3ccncc3)cc2n1. The third-order valence-electron chi connectivity index (χ3n) is 4.40. The second-order valence-electron chi connectivity index (χ2n) is 6.03. The summed E-state index contributed by atoms with van der Waals surface area (Å²) in [6.07, 6.45) is 5.02. The maximum atomic E-state index is 12.8. The molecule has 24 heavy (non-hydrogen) atoms. The molecule has 1 amide bonds. The van der Waals surface area contributed by atoms with Crippen molar-refractivity contribution in [1.82, 2.24) is 24.5 Å². The molecule has 7 heteroatoms. The van der Waals surface area contributed by atoms with Crippen molar-refractivity contribution < 1.29 is 4.79 Å². The highest BCUT2D eigenvalue weighted by Gasteiger charge is 2.32. The molecule has 4 heterocycles. The van der Waals surface area contributed by atoms with E-state index < -0.39 is 0 Å². The van der Waals surface area contributed by atoms with Gasteiger partial charge in [0.15, 0.2) is 5.65 Å². The zero-order valence-corrected chi connectivity index (χ0v) is 13.3. The molecule has 0 bridgehead atoms. The maximum Gasteiger partial charge on any atom is 0.272 e. The summed E-state index contributed by atoms with van der Waals surface area (Å²) in [6, 6.07) is 6.71. The molecule has 4 rings (SSSR count). The normalized spacial score (nSPS) is 17.5. The van der Waals surface area contributed by atoms with Crippen molar-refractivity contribution in [2.75, 3.05) is 6.54 Å². The number of rotatable bonds is 2. The summed E-state index contributed by atoms with van der Waals surface area (Å²) < 4.78 is 1.43. The van der Waals surface area contributed by atoms with Crippen molar-refractivity contribution in [3.05, 3.63) is 64.0 Å². The highest BCUT2D eigenvalue weighted by molar-refractivity contribution is 5.94. The predicted octanol–water partition coefficient (Wildman–Crippen LogP) is 1.70. The standard InChI is InChI=1S/C17H17N5O2/c1-11-9-16(23)22-15(19-11)10-13(20-22)14-3-2-8-21(14)17(24)12-4-6-18-7-5-12/h4-7,9-10,14,20H,2-3,8H2,1H3/t14-/m1/s1. The zero-order valence-electron chi connectivity index (χ0n) is 13.3. The first-order valence-corrected chi connectivity index (χ1v) is 7.94. The molecule has 1 atom stereocenters. The Morgan fingerprint density at radius 3 is 2.88 bits per heavy atom. The first-order chi connectivity index (χ1) is 11.6. The minimum Gasteiger partial charge on any atom is -0.330 e. The third-order valence-corrected chi connectivity index (χ3v) is 4.40. The van der Waals surface area contributed by atoms with Gasteiger partial charge in [-0.25, -0.2) is 9.50 Å². The molecule has 1 aliphatic rings. The molecule has 0 radical (unpaired) electrons. The summed E-state index contributed by atoms with van der Waals surface area (Å²) in [4.78, 5) is 35.0. The highest BCUT2D eigenvalue weighted by atomic mass is 16.2. The molecule has 1 fully saturated rings. The van der Waals surface area contributed by atoms with Gasteiger partial charge in [-0.15, -0.1) is 0 Å². The number of nitrogens with one attached hydrogen (secondary N) is 1. The molecule has 0 spiro atoms. The number of aromatic nitrogens is 4. The third kappa shape index (κ3) is 2.38. The lowest BCUT2D eigenvalue weighted by Gasteiger charge is -2.23. The average molecular weight is 323 g/mol. The van der Waals surface area contributed by atoms with E-state index in [-0.39, 0.29) is 17.5 Å². The van der Waals surface area contributed by atoms with Crippen molar-refractivity contribution in [1.29, 1.82) is 0 Å². The second-order valence-corrected chi connectivity index (χ2v) is 6.03. The van der Waals surface area contributed by atoms with Gasteiger partial charge < -0.3 is 4.90 Å². The van der Waals surface area contributed by atoms with Gasteiger partial charge in [0.05, 0.1) is 11.7 Å². The van der Waals surface area contributed by atoms with Crippen LogP contribution in [-0.4, -0.2) is 36.9 Å². The quantitative estimate of drug-likeness (QED) is 0.778. The Kier molecular flexibility index (Phi) is 3.41. The van der Waals surface area contributed by atoms with Crippen molar-refractivity contribution in [3.8, 4) is 0 Å². The fraction of sp³-hybridized carbons (Fsp3) is 0.294. The van der Waals surface area contributed by atoms with E-state index in [0.717, 1.165) is 18.5 Å². The van der Waals surface area contributed by atoms with Crippen molar-refractivity contribution in [2.24, 2.45) is 0 Å². The van der Waals surface area contributed by atoms with Crippen LogP contribution >= 0.6 is 0 Å². The van der Waals surface area contributed by atoms with Crippen LogP contribution in [0.3, 0.4) is 0 Å². The van der Waals surface area contributed by atoms with E-state index in [0.29, 0.717) is 23.4 Å². The molecule has 0 saturated carbocycles. The monoisotopic (exact) mass is 323 g/mol. The van der Waals surface area contributed by atoms with Crippen LogP contribution in [0.1, 0.15) is 40.6 Å². The molecule has 3 aromatic rings. The van der Waals surface area contributed by atoms with E-state index >= 15 is 0 Å². The van der Waals surface area contributed by atoms with Crippen LogP contribution in [0.4, 0.5) is 0 Å². The Labute approximate surface area is 138 Å². The van der Waals surface area contributed by atoms with Gasteiger partial charge in [-0.3, -0.25) is 19.7 Å². The van der Waals surface area contributed by atoms with Crippen molar-refractivity contribution >= 4 is 11.6 Å². The van der Waals surface area contributed by atoms with Gasteiger partial charge in [0, 0.05) is 42.3 Å². The molecule has 1 aliphatic heterocycles. The van der Waals surface area contributed by atoms with Gasteiger partial charge in [-0.2, -0.15) is 0 Å². The van der Waals surface area contributed by atoms with Crippen molar-refractivity contribution in [3.63, 3.8) is 0 Å². The Balaban J connectivity index is 1.72. The Bertz CT molecular complexity index is 960. The smallest absolute Gasteiger partial charge is 0.272 e. The molecule has 0 aromatic carbocycles. The fourth-order valence-corrected chi connectivity index (χ4v) is 3.29. The number of pyridine rings is 1. The Morgan fingerprint density at radius 1 is 1.29 bits per heavy atom. The number of hydrogen-bond acceptors (Lipinski definition) is 4. The van der Waals surface area contributed by atoms with Crippen LogP contribution in [0, 0.1) is 6.92 Å². The van der Waals surface area contributed by atoms with Crippen LogP contribution in [0.15, 0.2) is 41.5 Å². The first kappa shape index (κ1) is 14.6. The summed E-state index contributed by atoms with van der Waals surface area (Å²) in [7, 11) is 0. The van der Waals surface area contributed by atoms with Crippen LogP contribution in [0.5, 0.6) is 0 Å². The van der Waals surface area contributed by atoms with E-state index in [4.69, 9.17) is 0 Å². The van der Waals surface area contributed by atoms with E-state index in [1.807, 2.05) is 11.0 Å². The summed E-state index contributed by atoms with van der Waals surface area (Å²) in [5.74, 6) is -0.0185. The van der Waals surface area contributed by atoms with Crippen molar-refractivity contribution in [2.45, 2.75) is 25.8 Å². The molecule has 122 valence electrons. The molecule has 1 N–H and O–H groups in total. The van der Waals surface area contributed by atoms with Crippen LogP contribution in [0.25, 0.3) is 5.65 Å². The van der Waals surface area contributed by atoms with Crippen LogP contribution in [0.2, 0.25) is 0 Å². The topological polar surface area (TPSA) is 83.4 Å². The van der Waals surface area contributed by atoms with Gasteiger partial charge >= 0.3 is 0 Å². The Hall–Kier alpha value is -2.96. The van der Waals surface area contributed by atoms with Gasteiger partial charge in [0.2, 0.25) is 0 Å². The number of aryl methyl sites for hydroxylation is 1. The molecule has 3 aromatic heterocycles. The fourth-order valence-electron chi connectivity index (χ4n) is 3.29. The predicted molar refractivity (Wildman–Crippen MR) is 87.8 cm³/mol. The Morgan fingerprint density at radius 2 is 2.08 bits per heavy atom. The summed E-state index contributed by atoms with van der Waals surface area (Å²) >= 11 is 0.